The van der Waals surface area contributed by atoms with Crippen LogP contribution >= 0.6 is 35.7 Å². The minimum absolute atomic E-state index is 0. The van der Waals surface area contributed by atoms with E-state index in [2.05, 4.69) is 44.3 Å². The van der Waals surface area contributed by atoms with Crippen LogP contribution < -0.4 is 16.0 Å². The van der Waals surface area contributed by atoms with Gasteiger partial charge in [-0.15, -0.1) is 24.0 Å². The molecule has 2 rings (SSSR count). The van der Waals surface area contributed by atoms with Gasteiger partial charge >= 0.3 is 0 Å². The van der Waals surface area contributed by atoms with Crippen LogP contribution in [0.5, 0.6) is 0 Å². The van der Waals surface area contributed by atoms with Crippen LogP contribution in [-0.4, -0.2) is 49.6 Å². The van der Waals surface area contributed by atoms with Gasteiger partial charge in [0.1, 0.15) is 5.82 Å². The van der Waals surface area contributed by atoms with E-state index in [4.69, 9.17) is 0 Å². The topological polar surface area (TPSA) is 61.3 Å². The lowest BCUT2D eigenvalue weighted by atomic mass is 10.2. The number of halogens is 1. The Labute approximate surface area is 171 Å². The molecule has 0 aliphatic rings. The second kappa shape index (κ2) is 13.0. The Hall–Kier alpha value is -1.22. The van der Waals surface area contributed by atoms with Crippen LogP contribution in [0.15, 0.2) is 41.4 Å². The molecular weight excluding hydrogens is 445 g/mol. The Balaban J connectivity index is 0.00000312. The molecule has 2 aromatic rings. The van der Waals surface area contributed by atoms with Crippen LogP contribution in [0.4, 0.5) is 5.82 Å². The number of hydrogen-bond donors (Lipinski definition) is 3. The average Bonchev–Trinajstić information content (AvgIpc) is 2.63. The van der Waals surface area contributed by atoms with Crippen LogP contribution in [0, 0.1) is 0 Å². The maximum atomic E-state index is 4.60. The number of nitrogens with zero attached hydrogens (tertiary/aromatic N) is 2. The standard InChI is InChI=1S/C18H27N5S.HI/c1-19-18(21-11-5-6-14-24-2)22-13-12-20-17-10-9-15-7-3-4-8-16(15)23-17;/h3-4,7-10H,5-6,11-14H2,1-2H3,(H,20,23)(H2,19,21,22);1H. The first kappa shape index (κ1) is 21.8. The molecule has 0 bridgehead atoms. The number of benzene rings is 1. The smallest absolute Gasteiger partial charge is 0.191 e. The molecule has 0 radical (unpaired) electrons. The highest BCUT2D eigenvalue weighted by Gasteiger charge is 1.99. The van der Waals surface area contributed by atoms with Gasteiger partial charge in [0.15, 0.2) is 5.96 Å². The predicted octanol–water partition coefficient (Wildman–Crippen LogP) is 3.57. The fourth-order valence-corrected chi connectivity index (χ4v) is 2.83. The zero-order valence-electron chi connectivity index (χ0n) is 14.9. The Morgan fingerprint density at radius 3 is 2.64 bits per heavy atom. The van der Waals surface area contributed by atoms with Gasteiger partial charge in [0.05, 0.1) is 5.52 Å². The van der Waals surface area contributed by atoms with E-state index in [1.54, 1.807) is 7.05 Å². The highest BCUT2D eigenvalue weighted by Crippen LogP contribution is 2.13. The number of thioether (sulfide) groups is 1. The zero-order chi connectivity index (χ0) is 17.0. The second-order valence-corrected chi connectivity index (χ2v) is 6.43. The fourth-order valence-electron chi connectivity index (χ4n) is 2.33. The fraction of sp³-hybridized carbons (Fsp3) is 0.444. The lowest BCUT2D eigenvalue weighted by Gasteiger charge is -2.12. The van der Waals surface area contributed by atoms with Crippen molar-refractivity contribution in [3.05, 3.63) is 36.4 Å². The van der Waals surface area contributed by atoms with E-state index in [9.17, 15) is 0 Å². The van der Waals surface area contributed by atoms with Crippen LogP contribution in [0.1, 0.15) is 12.8 Å². The molecule has 1 aromatic carbocycles. The number of unbranched alkanes of at least 4 members (excludes halogenated alkanes) is 1. The molecule has 138 valence electrons. The van der Waals surface area contributed by atoms with E-state index >= 15 is 0 Å². The summed E-state index contributed by atoms with van der Waals surface area (Å²) in [6.45, 7) is 2.54. The Bertz CT molecular complexity index is 650. The monoisotopic (exact) mass is 473 g/mol. The average molecular weight is 473 g/mol. The highest BCUT2D eigenvalue weighted by molar-refractivity contribution is 14.0. The minimum atomic E-state index is 0. The van der Waals surface area contributed by atoms with Gasteiger partial charge in [-0.3, -0.25) is 4.99 Å². The van der Waals surface area contributed by atoms with E-state index < -0.39 is 0 Å². The third-order valence-electron chi connectivity index (χ3n) is 3.61. The summed E-state index contributed by atoms with van der Waals surface area (Å²) in [5, 5.41) is 11.1. The first-order chi connectivity index (χ1) is 11.8. The number of fused-ring (bicyclic) bond motifs is 1. The van der Waals surface area contributed by atoms with Crippen molar-refractivity contribution < 1.29 is 0 Å². The molecule has 25 heavy (non-hydrogen) atoms. The number of guanidine groups is 1. The van der Waals surface area contributed by atoms with Crippen LogP contribution in [0.2, 0.25) is 0 Å². The molecule has 0 fully saturated rings. The molecule has 3 N–H and O–H groups in total. The van der Waals surface area contributed by atoms with Crippen molar-refractivity contribution in [2.45, 2.75) is 12.8 Å². The number of anilines is 1. The minimum Gasteiger partial charge on any atom is -0.368 e. The van der Waals surface area contributed by atoms with Crippen molar-refractivity contribution in [1.29, 1.82) is 0 Å². The molecule has 0 aliphatic carbocycles. The quantitative estimate of drug-likeness (QED) is 0.225. The van der Waals surface area contributed by atoms with Crippen molar-refractivity contribution in [3.8, 4) is 0 Å². The van der Waals surface area contributed by atoms with Crippen molar-refractivity contribution in [1.82, 2.24) is 15.6 Å². The number of nitrogens with one attached hydrogen (secondary N) is 3. The highest BCUT2D eigenvalue weighted by atomic mass is 127. The largest absolute Gasteiger partial charge is 0.368 e. The van der Waals surface area contributed by atoms with Gasteiger partial charge in [-0.1, -0.05) is 18.2 Å². The number of pyridine rings is 1. The van der Waals surface area contributed by atoms with Gasteiger partial charge in [0, 0.05) is 32.1 Å². The molecule has 0 saturated carbocycles. The van der Waals surface area contributed by atoms with Gasteiger partial charge in [0.2, 0.25) is 0 Å². The summed E-state index contributed by atoms with van der Waals surface area (Å²) in [7, 11) is 1.80. The lowest BCUT2D eigenvalue weighted by molar-refractivity contribution is 0.735. The number of para-hydroxylation sites is 1. The van der Waals surface area contributed by atoms with Gasteiger partial charge in [-0.05, 0) is 43.0 Å². The molecular formula is C18H28IN5S. The summed E-state index contributed by atoms with van der Waals surface area (Å²) in [6.07, 6.45) is 4.55. The molecule has 0 saturated heterocycles. The number of aromatic nitrogens is 1. The molecule has 0 atom stereocenters. The summed E-state index contributed by atoms with van der Waals surface area (Å²) in [6, 6.07) is 12.2. The Kier molecular flexibility index (Phi) is 11.4. The SMILES string of the molecule is CN=C(NCCCCSC)NCCNc1ccc2ccccc2n1.I. The summed E-state index contributed by atoms with van der Waals surface area (Å²) in [4.78, 5) is 8.84. The summed E-state index contributed by atoms with van der Waals surface area (Å²) in [5.41, 5.74) is 1.01. The predicted molar refractivity (Wildman–Crippen MR) is 123 cm³/mol. The molecule has 0 spiro atoms. The van der Waals surface area contributed by atoms with Crippen molar-refractivity contribution in [2.75, 3.05) is 44.0 Å². The first-order valence-corrected chi connectivity index (χ1v) is 9.76. The van der Waals surface area contributed by atoms with Gasteiger partial charge < -0.3 is 16.0 Å². The molecule has 7 heteroatoms. The molecule has 0 aliphatic heterocycles. The number of rotatable bonds is 9. The van der Waals surface area contributed by atoms with Crippen LogP contribution in [0.25, 0.3) is 10.9 Å². The maximum absolute atomic E-state index is 4.60. The van der Waals surface area contributed by atoms with E-state index in [1.807, 2.05) is 36.0 Å². The third kappa shape index (κ3) is 8.13. The number of aliphatic imine (C=N–C) groups is 1. The molecule has 0 amide bonds. The van der Waals surface area contributed by atoms with Crippen molar-refractivity contribution in [3.63, 3.8) is 0 Å². The summed E-state index contributed by atoms with van der Waals surface area (Å²) >= 11 is 1.89. The summed E-state index contributed by atoms with van der Waals surface area (Å²) < 4.78 is 0. The normalized spacial score (nSPS) is 11.0. The van der Waals surface area contributed by atoms with Gasteiger partial charge in [-0.25, -0.2) is 4.98 Å². The summed E-state index contributed by atoms with van der Waals surface area (Å²) in [5.74, 6) is 2.97. The van der Waals surface area contributed by atoms with E-state index in [0.717, 1.165) is 42.3 Å². The third-order valence-corrected chi connectivity index (χ3v) is 4.31. The van der Waals surface area contributed by atoms with Gasteiger partial charge in [-0.2, -0.15) is 11.8 Å². The number of hydrogen-bond acceptors (Lipinski definition) is 4. The molecule has 1 aromatic heterocycles. The molecule has 1 heterocycles. The lowest BCUT2D eigenvalue weighted by Crippen LogP contribution is -2.40. The second-order valence-electron chi connectivity index (χ2n) is 5.44. The van der Waals surface area contributed by atoms with Crippen LogP contribution in [0.3, 0.4) is 0 Å². The van der Waals surface area contributed by atoms with Gasteiger partial charge in [0.25, 0.3) is 0 Å². The van der Waals surface area contributed by atoms with Crippen molar-refractivity contribution in [2.24, 2.45) is 4.99 Å². The molecule has 0 unspecified atom stereocenters. The Morgan fingerprint density at radius 2 is 1.84 bits per heavy atom. The van der Waals surface area contributed by atoms with Crippen LogP contribution in [-0.2, 0) is 0 Å². The Morgan fingerprint density at radius 1 is 1.04 bits per heavy atom. The van der Waals surface area contributed by atoms with E-state index in [0.29, 0.717) is 0 Å². The first-order valence-electron chi connectivity index (χ1n) is 8.36. The van der Waals surface area contributed by atoms with E-state index in [-0.39, 0.29) is 24.0 Å². The van der Waals surface area contributed by atoms with E-state index in [1.165, 1.54) is 18.6 Å². The molecule has 5 nitrogen and oxygen atoms in total. The zero-order valence-corrected chi connectivity index (χ0v) is 18.1. The maximum Gasteiger partial charge on any atom is 0.191 e. The van der Waals surface area contributed by atoms with Crippen molar-refractivity contribution >= 4 is 58.4 Å².